The van der Waals surface area contributed by atoms with Crippen LogP contribution in [-0.2, 0) is 65.4 Å². The second-order valence-electron chi connectivity index (χ2n) is 29.2. The van der Waals surface area contributed by atoms with Gasteiger partial charge in [0.15, 0.2) is 12.2 Å². The SMILES string of the molecule is CCCCCC/C=C\C=C/CCCCCCCC(=O)O[C@H](COC(=O)CCCCCCCCCC(C)C)COP(=O)(O)OC[C@H](O)COP(=O)(O)OC[C@@H](COC(=O)CCCCCCCCCCCCCCCCCCC)OC(=O)CCCCCCCCCCCCCCCCC(C)CC. The van der Waals surface area contributed by atoms with E-state index in [9.17, 15) is 43.2 Å². The van der Waals surface area contributed by atoms with Crippen LogP contribution in [0.5, 0.6) is 0 Å². The van der Waals surface area contributed by atoms with Crippen molar-refractivity contribution in [1.82, 2.24) is 0 Å². The molecule has 0 aliphatic rings. The Balaban J connectivity index is 5.28. The third-order valence-electron chi connectivity index (χ3n) is 18.7. The van der Waals surface area contributed by atoms with Gasteiger partial charge in [-0.3, -0.25) is 37.3 Å². The fraction of sp³-hybridized carbons (Fsp3) is 0.901. The first kappa shape index (κ1) is 97.5. The summed E-state index contributed by atoms with van der Waals surface area (Å²) >= 11 is 0. The first-order valence-electron chi connectivity index (χ1n) is 41.3. The highest BCUT2D eigenvalue weighted by atomic mass is 31.2. The van der Waals surface area contributed by atoms with Crippen molar-refractivity contribution in [2.75, 3.05) is 39.6 Å². The number of rotatable bonds is 78. The Bertz CT molecular complexity index is 2020. The summed E-state index contributed by atoms with van der Waals surface area (Å²) in [6.07, 6.45) is 64.6. The van der Waals surface area contributed by atoms with E-state index in [1.807, 2.05) is 0 Å². The summed E-state index contributed by atoms with van der Waals surface area (Å²) in [6, 6.07) is 0. The molecular weight excluding hydrogens is 1310 g/mol. The van der Waals surface area contributed by atoms with E-state index in [0.29, 0.717) is 31.6 Å². The molecule has 6 atom stereocenters. The molecule has 0 aliphatic heterocycles. The van der Waals surface area contributed by atoms with Gasteiger partial charge in [0.25, 0.3) is 0 Å². The maximum Gasteiger partial charge on any atom is 0.472 e. The molecule has 100 heavy (non-hydrogen) atoms. The normalized spacial score (nSPS) is 14.3. The molecule has 0 aromatic heterocycles. The molecule has 0 spiro atoms. The van der Waals surface area contributed by atoms with Gasteiger partial charge < -0.3 is 33.8 Å². The number of hydrogen-bond acceptors (Lipinski definition) is 15. The number of carbonyl (C=O) groups excluding carboxylic acids is 4. The van der Waals surface area contributed by atoms with Crippen molar-refractivity contribution in [2.45, 2.75) is 419 Å². The molecule has 590 valence electrons. The third-order valence-corrected chi connectivity index (χ3v) is 20.6. The summed E-state index contributed by atoms with van der Waals surface area (Å²) in [5.41, 5.74) is 0. The smallest absolute Gasteiger partial charge is 0.462 e. The van der Waals surface area contributed by atoms with E-state index in [0.717, 1.165) is 115 Å². The molecule has 0 fully saturated rings. The number of allylic oxidation sites excluding steroid dienone is 4. The van der Waals surface area contributed by atoms with Gasteiger partial charge in [-0.15, -0.1) is 0 Å². The zero-order chi connectivity index (χ0) is 73.5. The Morgan fingerprint density at radius 1 is 0.330 bits per heavy atom. The summed E-state index contributed by atoms with van der Waals surface area (Å²) in [4.78, 5) is 73.0. The summed E-state index contributed by atoms with van der Waals surface area (Å²) < 4.78 is 68.7. The minimum Gasteiger partial charge on any atom is -0.462 e. The van der Waals surface area contributed by atoms with E-state index >= 15 is 0 Å². The second kappa shape index (κ2) is 72.1. The third kappa shape index (κ3) is 72.5. The van der Waals surface area contributed by atoms with Crippen LogP contribution in [0.25, 0.3) is 0 Å². The highest BCUT2D eigenvalue weighted by Gasteiger charge is 2.30. The summed E-state index contributed by atoms with van der Waals surface area (Å²) in [5, 5.41) is 10.6. The second-order valence-corrected chi connectivity index (χ2v) is 32.1. The van der Waals surface area contributed by atoms with Crippen LogP contribution in [0.1, 0.15) is 401 Å². The van der Waals surface area contributed by atoms with Crippen molar-refractivity contribution < 1.29 is 80.2 Å². The molecule has 0 aliphatic carbocycles. The topological polar surface area (TPSA) is 237 Å². The van der Waals surface area contributed by atoms with Gasteiger partial charge in [-0.05, 0) is 63.2 Å². The van der Waals surface area contributed by atoms with E-state index in [-0.39, 0.29) is 25.7 Å². The molecule has 0 bridgehead atoms. The standard InChI is InChI=1S/C81H154O17P2/c1-7-10-12-14-16-18-20-22-24-25-27-31-35-39-45-51-57-63-78(83)91-69-76(97-80(85)66-60-54-47-41-37-33-29-28-30-34-38-44-50-56-62-74(6)9-3)71-95-99(87,88)93-67-75(82)68-94-100(89,90)96-72-77(70-92-79(84)64-58-52-48-42-43-49-55-61-73(4)5)98-81(86)65-59-53-46-40-36-32-26-23-21-19-17-15-13-11-8-2/h19,21,23,26,73-77,82H,7-18,20,22,24-25,27-72H2,1-6H3,(H,87,88)(H,89,90)/b21-19-,26-23-/t74?,75-,76-,77-/m1/s1. The minimum atomic E-state index is -4.97. The maximum atomic E-state index is 13.1. The molecule has 0 radical (unpaired) electrons. The quantitative estimate of drug-likeness (QED) is 0.0169. The van der Waals surface area contributed by atoms with Crippen LogP contribution in [0.3, 0.4) is 0 Å². The van der Waals surface area contributed by atoms with E-state index in [4.69, 9.17) is 37.0 Å². The monoisotopic (exact) mass is 1460 g/mol. The van der Waals surface area contributed by atoms with E-state index in [1.54, 1.807) is 0 Å². The Hall–Kier alpha value is -2.46. The van der Waals surface area contributed by atoms with Gasteiger partial charge in [-0.2, -0.15) is 0 Å². The molecule has 0 saturated carbocycles. The number of aliphatic hydroxyl groups is 1. The molecule has 17 nitrogen and oxygen atoms in total. The van der Waals surface area contributed by atoms with Crippen molar-refractivity contribution in [3.05, 3.63) is 24.3 Å². The van der Waals surface area contributed by atoms with Crippen LogP contribution < -0.4 is 0 Å². The predicted molar refractivity (Wildman–Crippen MR) is 409 cm³/mol. The highest BCUT2D eigenvalue weighted by molar-refractivity contribution is 7.47. The number of unbranched alkanes of at least 4 members (excludes halogenated alkanes) is 44. The van der Waals surface area contributed by atoms with Gasteiger partial charge in [-0.25, -0.2) is 9.13 Å². The van der Waals surface area contributed by atoms with Crippen LogP contribution >= 0.6 is 15.6 Å². The number of esters is 4. The molecule has 3 N–H and O–H groups in total. The van der Waals surface area contributed by atoms with Crippen molar-refractivity contribution in [2.24, 2.45) is 11.8 Å². The number of phosphoric ester groups is 2. The fourth-order valence-electron chi connectivity index (χ4n) is 12.0. The van der Waals surface area contributed by atoms with Gasteiger partial charge in [-0.1, -0.05) is 348 Å². The van der Waals surface area contributed by atoms with Gasteiger partial charge in [0.1, 0.15) is 19.3 Å². The molecule has 0 aromatic rings. The lowest BCUT2D eigenvalue weighted by Crippen LogP contribution is -2.30. The molecule has 0 saturated heterocycles. The highest BCUT2D eigenvalue weighted by Crippen LogP contribution is 2.45. The average molecular weight is 1460 g/mol. The van der Waals surface area contributed by atoms with E-state index in [1.165, 1.54) is 199 Å². The van der Waals surface area contributed by atoms with Gasteiger partial charge in [0.05, 0.1) is 26.4 Å². The van der Waals surface area contributed by atoms with Gasteiger partial charge in [0, 0.05) is 25.7 Å². The summed E-state index contributed by atoms with van der Waals surface area (Å²) in [6.45, 7) is 9.56. The van der Waals surface area contributed by atoms with E-state index < -0.39 is 97.5 Å². The molecule has 0 rings (SSSR count). The Kier molecular flexibility index (Phi) is 70.3. The summed E-state index contributed by atoms with van der Waals surface area (Å²) in [5.74, 6) is -0.594. The lowest BCUT2D eigenvalue weighted by Gasteiger charge is -2.21. The molecule has 0 heterocycles. The molecular formula is C81H154O17P2. The van der Waals surface area contributed by atoms with Crippen molar-refractivity contribution in [1.29, 1.82) is 0 Å². The van der Waals surface area contributed by atoms with Crippen LogP contribution in [0.15, 0.2) is 24.3 Å². The molecule has 0 aromatic carbocycles. The van der Waals surface area contributed by atoms with Crippen LogP contribution in [0, 0.1) is 11.8 Å². The van der Waals surface area contributed by atoms with E-state index in [2.05, 4.69) is 65.8 Å². The Morgan fingerprint density at radius 2 is 0.590 bits per heavy atom. The zero-order valence-corrected chi connectivity index (χ0v) is 66.8. The van der Waals surface area contributed by atoms with Crippen molar-refractivity contribution in [3.8, 4) is 0 Å². The number of phosphoric acid groups is 2. The van der Waals surface area contributed by atoms with Crippen molar-refractivity contribution in [3.63, 3.8) is 0 Å². The number of ether oxygens (including phenoxy) is 4. The largest absolute Gasteiger partial charge is 0.472 e. The fourth-order valence-corrected chi connectivity index (χ4v) is 13.5. The first-order chi connectivity index (χ1) is 48.4. The lowest BCUT2D eigenvalue weighted by atomic mass is 9.99. The van der Waals surface area contributed by atoms with Crippen LogP contribution in [-0.4, -0.2) is 96.7 Å². The average Bonchev–Trinajstić information content (AvgIpc) is 0.927. The Labute approximate surface area is 612 Å². The minimum absolute atomic E-state index is 0.0844. The maximum absolute atomic E-state index is 13.1. The van der Waals surface area contributed by atoms with Crippen molar-refractivity contribution >= 4 is 39.5 Å². The zero-order valence-electron chi connectivity index (χ0n) is 65.0. The van der Waals surface area contributed by atoms with Crippen LogP contribution in [0.4, 0.5) is 0 Å². The molecule has 0 amide bonds. The van der Waals surface area contributed by atoms with Crippen LogP contribution in [0.2, 0.25) is 0 Å². The van der Waals surface area contributed by atoms with Gasteiger partial charge in [0.2, 0.25) is 0 Å². The lowest BCUT2D eigenvalue weighted by molar-refractivity contribution is -0.161. The number of hydrogen-bond donors (Lipinski definition) is 3. The molecule has 3 unspecified atom stereocenters. The van der Waals surface area contributed by atoms with Gasteiger partial charge >= 0.3 is 39.5 Å². The summed E-state index contributed by atoms with van der Waals surface area (Å²) in [7, 11) is -9.93. The number of aliphatic hydroxyl groups excluding tert-OH is 1. The predicted octanol–water partition coefficient (Wildman–Crippen LogP) is 23.8. The Morgan fingerprint density at radius 3 is 0.900 bits per heavy atom. The number of carbonyl (C=O) groups is 4. The first-order valence-corrected chi connectivity index (χ1v) is 44.3. The molecule has 19 heteroatoms.